The first-order valence-electron chi connectivity index (χ1n) is 11.5. The van der Waals surface area contributed by atoms with Gasteiger partial charge in [0.25, 0.3) is 10.0 Å². The molecule has 0 N–H and O–H groups in total. The summed E-state index contributed by atoms with van der Waals surface area (Å²) >= 11 is 0. The normalized spacial score (nSPS) is 13.2. The summed E-state index contributed by atoms with van der Waals surface area (Å²) in [4.78, 5) is 15.2. The Hall–Kier alpha value is -2.93. The molecule has 0 bridgehead atoms. The lowest BCUT2D eigenvalue weighted by atomic mass is 9.86. The highest BCUT2D eigenvalue weighted by atomic mass is 32.2. The van der Waals surface area contributed by atoms with Crippen molar-refractivity contribution in [1.29, 1.82) is 0 Å². The third-order valence-corrected chi connectivity index (χ3v) is 6.97. The van der Waals surface area contributed by atoms with Crippen molar-refractivity contribution in [2.24, 2.45) is 4.40 Å². The summed E-state index contributed by atoms with van der Waals surface area (Å²) in [5.74, 6) is 0.0855. The topological polar surface area (TPSA) is 80.0 Å². The van der Waals surface area contributed by atoms with Gasteiger partial charge in [0, 0.05) is 23.0 Å². The van der Waals surface area contributed by atoms with Gasteiger partial charge in [-0.2, -0.15) is 8.42 Å². The van der Waals surface area contributed by atoms with Crippen molar-refractivity contribution < 1.29 is 12.8 Å². The van der Waals surface area contributed by atoms with Gasteiger partial charge < -0.3 is 9.32 Å². The van der Waals surface area contributed by atoms with E-state index in [9.17, 15) is 13.2 Å². The van der Waals surface area contributed by atoms with Crippen LogP contribution in [0.25, 0.3) is 11.0 Å². The molecule has 182 valence electrons. The van der Waals surface area contributed by atoms with Gasteiger partial charge in [-0.25, -0.2) is 4.79 Å². The molecule has 0 amide bonds. The summed E-state index contributed by atoms with van der Waals surface area (Å²) in [5, 5.41) is 0.718. The molecule has 0 spiro atoms. The third-order valence-electron chi connectivity index (χ3n) is 5.69. The van der Waals surface area contributed by atoms with Crippen molar-refractivity contribution in [2.75, 3.05) is 0 Å². The molecule has 3 aromatic rings. The van der Waals surface area contributed by atoms with Crippen molar-refractivity contribution >= 4 is 26.8 Å². The Bertz CT molecular complexity index is 1370. The van der Waals surface area contributed by atoms with E-state index in [0.29, 0.717) is 5.58 Å². The van der Waals surface area contributed by atoms with Gasteiger partial charge in [0.2, 0.25) is 0 Å². The summed E-state index contributed by atoms with van der Waals surface area (Å²) in [5.41, 5.74) is 1.63. The van der Waals surface area contributed by atoms with Crippen molar-refractivity contribution in [2.45, 2.75) is 77.8 Å². The number of hydrogen-bond donors (Lipinski definition) is 0. The molecule has 1 heterocycles. The molecule has 1 aromatic heterocycles. The molecular weight excluding hydrogens is 448 g/mol. The van der Waals surface area contributed by atoms with Crippen molar-refractivity contribution in [3.8, 4) is 0 Å². The fraction of sp³-hybridized carbons (Fsp3) is 0.407. The maximum atomic E-state index is 13.3. The van der Waals surface area contributed by atoms with E-state index in [1.807, 2.05) is 57.7 Å². The molecular formula is C27H34N2O4S. The van der Waals surface area contributed by atoms with E-state index in [-0.39, 0.29) is 33.8 Å². The molecule has 3 rings (SSSR count). The highest BCUT2D eigenvalue weighted by Gasteiger charge is 2.28. The zero-order valence-electron chi connectivity index (χ0n) is 21.2. The second-order valence-corrected chi connectivity index (χ2v) is 11.8. The smallest absolute Gasteiger partial charge is 0.347 e. The van der Waals surface area contributed by atoms with Crippen LogP contribution in [0.4, 0.5) is 0 Å². The Morgan fingerprint density at radius 2 is 1.56 bits per heavy atom. The number of rotatable bonds is 5. The van der Waals surface area contributed by atoms with Crippen LogP contribution in [0.5, 0.6) is 0 Å². The molecule has 34 heavy (non-hydrogen) atoms. The van der Waals surface area contributed by atoms with Gasteiger partial charge in [-0.3, -0.25) is 0 Å². The molecule has 0 atom stereocenters. The maximum Gasteiger partial charge on any atom is 0.347 e. The summed E-state index contributed by atoms with van der Waals surface area (Å²) in [7, 11) is -4.07. The van der Waals surface area contributed by atoms with Gasteiger partial charge in [-0.05, 0) is 58.2 Å². The minimum absolute atomic E-state index is 0.0725. The molecule has 0 unspecified atom stereocenters. The van der Waals surface area contributed by atoms with E-state index in [2.05, 4.69) is 25.2 Å². The number of fused-ring (bicyclic) bond motifs is 1. The molecule has 0 aliphatic rings. The standard InChI is InChI=1S/C27H34N2O4S/c1-17(2)29(18(3)4)25(28-34(31,32)21-14-12-19(5)13-15-21)22-16-20-10-9-11-23(27(6,7)8)24(20)33-26(22)30/h9-18H,1-8H3/b28-25+. The molecule has 0 aliphatic carbocycles. The first-order valence-corrected chi connectivity index (χ1v) is 12.9. The predicted molar refractivity (Wildman–Crippen MR) is 138 cm³/mol. The Morgan fingerprint density at radius 3 is 2.09 bits per heavy atom. The van der Waals surface area contributed by atoms with Crippen molar-refractivity contribution in [3.05, 3.63) is 75.6 Å². The van der Waals surface area contributed by atoms with Gasteiger partial charge >= 0.3 is 5.63 Å². The summed E-state index contributed by atoms with van der Waals surface area (Å²) < 4.78 is 36.6. The van der Waals surface area contributed by atoms with Crippen LogP contribution in [0.2, 0.25) is 0 Å². The highest BCUT2D eigenvalue weighted by Crippen LogP contribution is 2.30. The van der Waals surface area contributed by atoms with Gasteiger partial charge in [0.05, 0.1) is 4.90 Å². The predicted octanol–water partition coefficient (Wildman–Crippen LogP) is 5.65. The van der Waals surface area contributed by atoms with E-state index >= 15 is 0 Å². The highest BCUT2D eigenvalue weighted by molar-refractivity contribution is 7.90. The van der Waals surface area contributed by atoms with Gasteiger partial charge in [-0.1, -0.05) is 56.7 Å². The lowest BCUT2D eigenvalue weighted by Gasteiger charge is -2.33. The second-order valence-electron chi connectivity index (χ2n) is 10.2. The SMILES string of the molecule is Cc1ccc(S(=O)(=O)/N=C(\c2cc3cccc(C(C)(C)C)c3oc2=O)N(C(C)C)C(C)C)cc1. The van der Waals surface area contributed by atoms with Gasteiger partial charge in [0.15, 0.2) is 5.84 Å². The minimum atomic E-state index is -4.07. The monoisotopic (exact) mass is 482 g/mol. The summed E-state index contributed by atoms with van der Waals surface area (Å²) in [6.07, 6.45) is 0. The number of benzene rings is 2. The maximum absolute atomic E-state index is 13.3. The molecule has 0 radical (unpaired) electrons. The van der Waals surface area contributed by atoms with Crippen LogP contribution < -0.4 is 5.63 Å². The molecule has 7 heteroatoms. The van der Waals surface area contributed by atoms with Crippen LogP contribution in [0.15, 0.2) is 67.0 Å². The first-order chi connectivity index (χ1) is 15.7. The van der Waals surface area contributed by atoms with Crippen LogP contribution in [-0.2, 0) is 15.4 Å². The fourth-order valence-corrected chi connectivity index (χ4v) is 5.09. The second kappa shape index (κ2) is 9.37. The number of amidine groups is 1. The van der Waals surface area contributed by atoms with Crippen molar-refractivity contribution in [1.82, 2.24) is 4.90 Å². The number of hydrogen-bond acceptors (Lipinski definition) is 4. The van der Waals surface area contributed by atoms with E-state index in [4.69, 9.17) is 4.42 Å². The Kier molecular flexibility index (Phi) is 7.08. The zero-order chi connectivity index (χ0) is 25.4. The van der Waals surface area contributed by atoms with Crippen LogP contribution >= 0.6 is 0 Å². The van der Waals surface area contributed by atoms with E-state index in [0.717, 1.165) is 16.5 Å². The van der Waals surface area contributed by atoms with Gasteiger partial charge in [0.1, 0.15) is 11.1 Å². The van der Waals surface area contributed by atoms with Crippen LogP contribution in [0.1, 0.15) is 65.2 Å². The first kappa shape index (κ1) is 25.7. The summed E-state index contributed by atoms with van der Waals surface area (Å²) in [6.45, 7) is 15.8. The van der Waals surface area contributed by atoms with Gasteiger partial charge in [-0.15, -0.1) is 4.40 Å². The van der Waals surface area contributed by atoms with Crippen molar-refractivity contribution in [3.63, 3.8) is 0 Å². The summed E-state index contributed by atoms with van der Waals surface area (Å²) in [6, 6.07) is 13.7. The molecule has 0 fully saturated rings. The average Bonchev–Trinajstić information content (AvgIpc) is 2.71. The fourth-order valence-electron chi connectivity index (χ4n) is 4.09. The third kappa shape index (κ3) is 5.25. The lowest BCUT2D eigenvalue weighted by Crippen LogP contribution is -2.44. The number of para-hydroxylation sites is 1. The molecule has 2 aromatic carbocycles. The Balaban J connectivity index is 2.33. The van der Waals surface area contributed by atoms with Crippen LogP contribution in [0, 0.1) is 6.92 Å². The van der Waals surface area contributed by atoms with Crippen LogP contribution in [-0.4, -0.2) is 31.2 Å². The molecule has 6 nitrogen and oxygen atoms in total. The quantitative estimate of drug-likeness (QED) is 0.267. The minimum Gasteiger partial charge on any atom is -0.422 e. The zero-order valence-corrected chi connectivity index (χ0v) is 22.0. The largest absolute Gasteiger partial charge is 0.422 e. The van der Waals surface area contributed by atoms with E-state index < -0.39 is 15.6 Å². The number of sulfonamides is 1. The Morgan fingerprint density at radius 1 is 0.971 bits per heavy atom. The van der Waals surface area contributed by atoms with Crippen LogP contribution in [0.3, 0.4) is 0 Å². The van der Waals surface area contributed by atoms with E-state index in [1.54, 1.807) is 18.2 Å². The molecule has 0 aliphatic heterocycles. The number of nitrogens with zero attached hydrogens (tertiary/aromatic N) is 2. The Labute approximate surface area is 202 Å². The molecule has 0 saturated carbocycles. The number of aryl methyl sites for hydroxylation is 1. The molecule has 0 saturated heterocycles. The van der Waals surface area contributed by atoms with E-state index in [1.165, 1.54) is 12.1 Å². The average molecular weight is 483 g/mol. The lowest BCUT2D eigenvalue weighted by molar-refractivity contribution is 0.292.